The summed E-state index contributed by atoms with van der Waals surface area (Å²) in [5, 5.41) is 3.11. The number of benzene rings is 2. The molecule has 192 valence electrons. The number of pyridine rings is 1. The van der Waals surface area contributed by atoms with Crippen LogP contribution < -0.4 is 10.2 Å². The summed E-state index contributed by atoms with van der Waals surface area (Å²) >= 11 is 0. The van der Waals surface area contributed by atoms with E-state index in [-0.39, 0.29) is 19.1 Å². The summed E-state index contributed by atoms with van der Waals surface area (Å²) in [5.41, 5.74) is 4.20. The van der Waals surface area contributed by atoms with Crippen molar-refractivity contribution in [1.29, 1.82) is 0 Å². The molecule has 2 aromatic heterocycles. The van der Waals surface area contributed by atoms with E-state index >= 15 is 0 Å². The van der Waals surface area contributed by atoms with Gasteiger partial charge in [-0.25, -0.2) is 4.98 Å². The maximum Gasteiger partial charge on any atom is 0.296 e. The Hall–Kier alpha value is -4.78. The molecule has 1 aliphatic rings. The van der Waals surface area contributed by atoms with Crippen LogP contribution in [0.1, 0.15) is 43.4 Å². The molecule has 38 heavy (non-hydrogen) atoms. The molecule has 5 rings (SSSR count). The van der Waals surface area contributed by atoms with Crippen LogP contribution >= 0.6 is 0 Å². The molecule has 7 nitrogen and oxygen atoms in total. The second kappa shape index (κ2) is 11.5. The average molecular weight is 507 g/mol. The summed E-state index contributed by atoms with van der Waals surface area (Å²) in [6, 6.07) is 19.8. The molecule has 2 amide bonds. The standard InChI is InChI=1S/C31H28N4O3.H2/c1-22(23-9-4-2-5-10-23)34-30(36)29(26-13-8-18-32-19-26)35(31(37)28-20-33-21-38-28)27-16-14-25(15-17-27)24-11-6-3-7-12-24;/h3-4,6-22,29H,2,5H2,1H3,(H,34,36);1H/t22-,29?;/m0./s1. The predicted octanol–water partition coefficient (Wildman–Crippen LogP) is 6.15. The van der Waals surface area contributed by atoms with Gasteiger partial charge in [-0.3, -0.25) is 19.5 Å². The number of amides is 2. The summed E-state index contributed by atoms with van der Waals surface area (Å²) in [5.74, 6) is -0.779. The van der Waals surface area contributed by atoms with Crippen molar-refractivity contribution in [2.24, 2.45) is 0 Å². The molecule has 2 atom stereocenters. The Labute approximate surface area is 223 Å². The van der Waals surface area contributed by atoms with Crippen LogP contribution in [0.15, 0.2) is 120 Å². The molecule has 1 unspecified atom stereocenters. The number of carbonyl (C=O) groups excluding carboxylic acids is 2. The molecular weight excluding hydrogens is 476 g/mol. The van der Waals surface area contributed by atoms with Crippen LogP contribution in [0.3, 0.4) is 0 Å². The molecule has 2 aromatic carbocycles. The van der Waals surface area contributed by atoms with Crippen molar-refractivity contribution < 1.29 is 15.4 Å². The quantitative estimate of drug-likeness (QED) is 0.310. The fourth-order valence-corrected chi connectivity index (χ4v) is 4.55. The third-order valence-corrected chi connectivity index (χ3v) is 6.50. The van der Waals surface area contributed by atoms with Gasteiger partial charge < -0.3 is 9.73 Å². The first kappa shape index (κ1) is 24.9. The van der Waals surface area contributed by atoms with Gasteiger partial charge in [0.15, 0.2) is 6.39 Å². The monoisotopic (exact) mass is 506 g/mol. The normalized spacial score (nSPS) is 14.3. The van der Waals surface area contributed by atoms with Crippen LogP contribution in [0.2, 0.25) is 0 Å². The first-order chi connectivity index (χ1) is 18.6. The zero-order valence-corrected chi connectivity index (χ0v) is 21.0. The molecule has 0 radical (unpaired) electrons. The second-order valence-corrected chi connectivity index (χ2v) is 9.06. The predicted molar refractivity (Wildman–Crippen MR) is 148 cm³/mol. The molecule has 1 N–H and O–H groups in total. The lowest BCUT2D eigenvalue weighted by atomic mass is 9.99. The zero-order chi connectivity index (χ0) is 26.3. The minimum Gasteiger partial charge on any atom is -0.438 e. The number of nitrogens with zero attached hydrogens (tertiary/aromatic N) is 3. The van der Waals surface area contributed by atoms with E-state index in [1.54, 1.807) is 24.5 Å². The number of carbonyl (C=O) groups is 2. The fraction of sp³-hybridized carbons (Fsp3) is 0.161. The minimum absolute atomic E-state index is 0. The van der Waals surface area contributed by atoms with Gasteiger partial charge in [-0.05, 0) is 54.7 Å². The molecular formula is C31H30N4O3. The van der Waals surface area contributed by atoms with Gasteiger partial charge in [-0.1, -0.05) is 66.8 Å². The first-order valence-electron chi connectivity index (χ1n) is 12.6. The lowest BCUT2D eigenvalue weighted by Gasteiger charge is -2.32. The van der Waals surface area contributed by atoms with Crippen LogP contribution in [0.25, 0.3) is 11.1 Å². The van der Waals surface area contributed by atoms with Gasteiger partial charge in [0, 0.05) is 25.1 Å². The smallest absolute Gasteiger partial charge is 0.296 e. The van der Waals surface area contributed by atoms with Crippen LogP contribution in [0, 0.1) is 0 Å². The number of oxazole rings is 1. The maximum atomic E-state index is 13.9. The van der Waals surface area contributed by atoms with Crippen molar-refractivity contribution >= 4 is 17.5 Å². The highest BCUT2D eigenvalue weighted by molar-refractivity contribution is 6.08. The van der Waals surface area contributed by atoms with Gasteiger partial charge >= 0.3 is 0 Å². The summed E-state index contributed by atoms with van der Waals surface area (Å²) in [6.07, 6.45) is 14.0. The Morgan fingerprint density at radius 1 is 0.947 bits per heavy atom. The van der Waals surface area contributed by atoms with Crippen molar-refractivity contribution in [3.8, 4) is 11.1 Å². The molecule has 0 spiro atoms. The largest absolute Gasteiger partial charge is 0.438 e. The van der Waals surface area contributed by atoms with E-state index in [1.165, 1.54) is 17.5 Å². The molecule has 4 aromatic rings. The lowest BCUT2D eigenvalue weighted by Crippen LogP contribution is -2.46. The third-order valence-electron chi connectivity index (χ3n) is 6.50. The van der Waals surface area contributed by atoms with E-state index in [9.17, 15) is 9.59 Å². The van der Waals surface area contributed by atoms with Gasteiger partial charge in [0.25, 0.3) is 5.91 Å². The van der Waals surface area contributed by atoms with Gasteiger partial charge in [0.2, 0.25) is 11.7 Å². The number of rotatable bonds is 8. The highest BCUT2D eigenvalue weighted by Gasteiger charge is 2.35. The van der Waals surface area contributed by atoms with Crippen molar-refractivity contribution in [2.75, 3.05) is 4.90 Å². The highest BCUT2D eigenvalue weighted by Crippen LogP contribution is 2.32. The Balaban J connectivity index is 0.00000353. The van der Waals surface area contributed by atoms with E-state index in [2.05, 4.69) is 27.4 Å². The summed E-state index contributed by atoms with van der Waals surface area (Å²) in [6.45, 7) is 1.94. The molecule has 0 aliphatic heterocycles. The van der Waals surface area contributed by atoms with E-state index in [4.69, 9.17) is 4.42 Å². The molecule has 2 heterocycles. The molecule has 0 saturated carbocycles. The molecule has 0 bridgehead atoms. The lowest BCUT2D eigenvalue weighted by molar-refractivity contribution is -0.122. The highest BCUT2D eigenvalue weighted by atomic mass is 16.3. The number of allylic oxidation sites excluding steroid dienone is 2. The molecule has 0 saturated heterocycles. The maximum absolute atomic E-state index is 13.9. The van der Waals surface area contributed by atoms with Crippen molar-refractivity contribution in [1.82, 2.24) is 15.3 Å². The van der Waals surface area contributed by atoms with Gasteiger partial charge in [0.05, 0.1) is 12.2 Å². The van der Waals surface area contributed by atoms with E-state index in [1.807, 2.05) is 67.6 Å². The minimum atomic E-state index is -1.00. The Morgan fingerprint density at radius 2 is 1.74 bits per heavy atom. The van der Waals surface area contributed by atoms with Gasteiger partial charge in [-0.15, -0.1) is 0 Å². The van der Waals surface area contributed by atoms with Gasteiger partial charge in [0.1, 0.15) is 6.04 Å². The Morgan fingerprint density at radius 3 is 2.39 bits per heavy atom. The van der Waals surface area contributed by atoms with Crippen molar-refractivity contribution in [3.05, 3.63) is 127 Å². The van der Waals surface area contributed by atoms with E-state index in [0.29, 0.717) is 11.3 Å². The molecule has 1 aliphatic carbocycles. The molecule has 0 fully saturated rings. The Kier molecular flexibility index (Phi) is 7.54. The number of hydrogen-bond acceptors (Lipinski definition) is 5. The fourth-order valence-electron chi connectivity index (χ4n) is 4.55. The summed E-state index contributed by atoms with van der Waals surface area (Å²) < 4.78 is 5.36. The van der Waals surface area contributed by atoms with Crippen LogP contribution in [0.4, 0.5) is 5.69 Å². The number of anilines is 1. The average Bonchev–Trinajstić information content (AvgIpc) is 3.52. The van der Waals surface area contributed by atoms with Gasteiger partial charge in [-0.2, -0.15) is 0 Å². The van der Waals surface area contributed by atoms with E-state index < -0.39 is 11.9 Å². The second-order valence-electron chi connectivity index (χ2n) is 9.06. The van der Waals surface area contributed by atoms with Crippen LogP contribution in [-0.2, 0) is 4.79 Å². The summed E-state index contributed by atoms with van der Waals surface area (Å²) in [4.78, 5) is 37.4. The Bertz CT molecular complexity index is 1440. The van der Waals surface area contributed by atoms with E-state index in [0.717, 1.165) is 29.5 Å². The SMILES string of the molecule is C[C@H](NC(=O)C(c1cccnc1)N(C(=O)c1cnco1)c1ccc(-c2ccccc2)cc1)C1=CCCC=C1.[HH]. The number of nitrogens with one attached hydrogen (secondary N) is 1. The first-order valence-corrected chi connectivity index (χ1v) is 12.6. The topological polar surface area (TPSA) is 88.3 Å². The van der Waals surface area contributed by atoms with Crippen LogP contribution in [0.5, 0.6) is 0 Å². The zero-order valence-electron chi connectivity index (χ0n) is 21.0. The van der Waals surface area contributed by atoms with Crippen LogP contribution in [-0.4, -0.2) is 27.8 Å². The van der Waals surface area contributed by atoms with Crippen molar-refractivity contribution in [3.63, 3.8) is 0 Å². The van der Waals surface area contributed by atoms with Crippen molar-refractivity contribution in [2.45, 2.75) is 31.8 Å². The third kappa shape index (κ3) is 5.47. The number of hydrogen-bond donors (Lipinski definition) is 1. The molecule has 7 heteroatoms. The number of aromatic nitrogens is 2. The summed E-state index contributed by atoms with van der Waals surface area (Å²) in [7, 11) is 0.